The number of benzene rings is 2. The summed E-state index contributed by atoms with van der Waals surface area (Å²) in [4.78, 5) is 17.3. The highest BCUT2D eigenvalue weighted by molar-refractivity contribution is 6.31. The Kier molecular flexibility index (Phi) is 4.79. The first-order valence-corrected chi connectivity index (χ1v) is 9.04. The molecule has 0 radical (unpaired) electrons. The molecule has 1 unspecified atom stereocenters. The lowest BCUT2D eigenvalue weighted by Gasteiger charge is -2.19. The number of fused-ring (bicyclic) bond motifs is 1. The Bertz CT molecular complexity index is 1130. The standard InChI is InChI=1S/C21H18ClN3O3/c1-25-10-9-23-20(25)19(13-3-6-16(27-2)7-4-13)24-21(26)18-12-14-11-15(22)5-8-17(14)28-18/h3-12,19H,1-2H3,(H,24,26). The lowest BCUT2D eigenvalue weighted by Crippen LogP contribution is -2.30. The number of aryl methyl sites for hydroxylation is 1. The minimum atomic E-state index is -0.449. The van der Waals surface area contributed by atoms with Crippen LogP contribution in [0, 0.1) is 0 Å². The smallest absolute Gasteiger partial charge is 0.287 e. The lowest BCUT2D eigenvalue weighted by atomic mass is 10.1. The highest BCUT2D eigenvalue weighted by Gasteiger charge is 2.23. The molecule has 0 spiro atoms. The van der Waals surface area contributed by atoms with E-state index >= 15 is 0 Å². The maximum atomic E-state index is 12.9. The summed E-state index contributed by atoms with van der Waals surface area (Å²) >= 11 is 6.02. The molecule has 2 aromatic heterocycles. The van der Waals surface area contributed by atoms with Gasteiger partial charge in [-0.2, -0.15) is 0 Å². The van der Waals surface area contributed by atoms with Crippen molar-refractivity contribution in [3.05, 3.63) is 83.1 Å². The number of hydrogen-bond acceptors (Lipinski definition) is 4. The number of furan rings is 1. The van der Waals surface area contributed by atoms with E-state index in [1.54, 1.807) is 37.6 Å². The van der Waals surface area contributed by atoms with E-state index < -0.39 is 6.04 Å². The summed E-state index contributed by atoms with van der Waals surface area (Å²) in [6.45, 7) is 0. The van der Waals surface area contributed by atoms with Gasteiger partial charge in [0, 0.05) is 29.9 Å². The molecule has 4 aromatic rings. The van der Waals surface area contributed by atoms with Crippen LogP contribution in [0.5, 0.6) is 5.75 Å². The fraction of sp³-hybridized carbons (Fsp3) is 0.143. The van der Waals surface area contributed by atoms with Crippen molar-refractivity contribution in [1.29, 1.82) is 0 Å². The molecule has 1 atom stereocenters. The summed E-state index contributed by atoms with van der Waals surface area (Å²) in [7, 11) is 3.50. The third-order valence-corrected chi connectivity index (χ3v) is 4.78. The van der Waals surface area contributed by atoms with Crippen molar-refractivity contribution in [2.75, 3.05) is 7.11 Å². The molecule has 0 aliphatic rings. The van der Waals surface area contributed by atoms with Gasteiger partial charge in [-0.15, -0.1) is 0 Å². The summed E-state index contributed by atoms with van der Waals surface area (Å²) in [6.07, 6.45) is 3.53. The summed E-state index contributed by atoms with van der Waals surface area (Å²) in [5.41, 5.74) is 1.48. The predicted molar refractivity (Wildman–Crippen MR) is 107 cm³/mol. The molecular formula is C21H18ClN3O3. The summed E-state index contributed by atoms with van der Waals surface area (Å²) < 4.78 is 12.8. The Morgan fingerprint density at radius 1 is 1.21 bits per heavy atom. The number of nitrogens with zero attached hydrogens (tertiary/aromatic N) is 2. The summed E-state index contributed by atoms with van der Waals surface area (Å²) in [5, 5.41) is 4.38. The van der Waals surface area contributed by atoms with Gasteiger partial charge in [0.2, 0.25) is 0 Å². The second kappa shape index (κ2) is 7.40. The monoisotopic (exact) mass is 395 g/mol. The zero-order valence-corrected chi connectivity index (χ0v) is 16.1. The first kappa shape index (κ1) is 18.1. The van der Waals surface area contributed by atoms with Crippen LogP contribution in [0.4, 0.5) is 0 Å². The summed E-state index contributed by atoms with van der Waals surface area (Å²) in [6, 6.07) is 14.0. The van der Waals surface area contributed by atoms with Crippen LogP contribution >= 0.6 is 11.6 Å². The van der Waals surface area contributed by atoms with Crippen molar-refractivity contribution >= 4 is 28.5 Å². The molecule has 142 valence electrons. The average Bonchev–Trinajstić information content (AvgIpc) is 3.32. The number of hydrogen-bond donors (Lipinski definition) is 1. The number of halogens is 1. The van der Waals surface area contributed by atoms with Crippen LogP contribution < -0.4 is 10.1 Å². The molecule has 1 N–H and O–H groups in total. The topological polar surface area (TPSA) is 69.3 Å². The summed E-state index contributed by atoms with van der Waals surface area (Å²) in [5.74, 6) is 1.32. The van der Waals surface area contributed by atoms with E-state index in [-0.39, 0.29) is 11.7 Å². The Labute approximate surface area is 166 Å². The van der Waals surface area contributed by atoms with Crippen molar-refractivity contribution in [3.63, 3.8) is 0 Å². The average molecular weight is 396 g/mol. The molecule has 4 rings (SSSR count). The van der Waals surface area contributed by atoms with Crippen molar-refractivity contribution in [2.45, 2.75) is 6.04 Å². The van der Waals surface area contributed by atoms with E-state index in [9.17, 15) is 4.79 Å². The Hall–Kier alpha value is -3.25. The van der Waals surface area contributed by atoms with Gasteiger partial charge in [-0.1, -0.05) is 23.7 Å². The minimum Gasteiger partial charge on any atom is -0.497 e. The highest BCUT2D eigenvalue weighted by Crippen LogP contribution is 2.26. The molecule has 0 fully saturated rings. The number of imidazole rings is 1. The number of nitrogens with one attached hydrogen (secondary N) is 1. The van der Waals surface area contributed by atoms with Crippen molar-refractivity contribution in [1.82, 2.24) is 14.9 Å². The van der Waals surface area contributed by atoms with Crippen LogP contribution in [0.1, 0.15) is 28.0 Å². The Morgan fingerprint density at radius 3 is 2.68 bits per heavy atom. The molecule has 7 heteroatoms. The molecule has 28 heavy (non-hydrogen) atoms. The van der Waals surface area contributed by atoms with Gasteiger partial charge in [-0.05, 0) is 42.0 Å². The third kappa shape index (κ3) is 3.46. The number of amides is 1. The number of carbonyl (C=O) groups is 1. The second-order valence-corrected chi connectivity index (χ2v) is 6.81. The maximum Gasteiger partial charge on any atom is 0.287 e. The zero-order valence-electron chi connectivity index (χ0n) is 15.3. The van der Waals surface area contributed by atoms with Gasteiger partial charge in [0.05, 0.1) is 7.11 Å². The van der Waals surface area contributed by atoms with Crippen LogP contribution in [-0.4, -0.2) is 22.6 Å². The van der Waals surface area contributed by atoms with E-state index in [1.165, 1.54) is 0 Å². The van der Waals surface area contributed by atoms with E-state index in [1.807, 2.05) is 42.1 Å². The van der Waals surface area contributed by atoms with Gasteiger partial charge in [0.1, 0.15) is 23.2 Å². The maximum absolute atomic E-state index is 12.9. The fourth-order valence-electron chi connectivity index (χ4n) is 3.08. The van der Waals surface area contributed by atoms with Gasteiger partial charge >= 0.3 is 0 Å². The predicted octanol–water partition coefficient (Wildman–Crippen LogP) is 4.35. The van der Waals surface area contributed by atoms with E-state index in [0.29, 0.717) is 16.4 Å². The van der Waals surface area contributed by atoms with Crippen LogP contribution in [0.3, 0.4) is 0 Å². The van der Waals surface area contributed by atoms with Gasteiger partial charge in [0.25, 0.3) is 5.91 Å². The zero-order chi connectivity index (χ0) is 19.7. The van der Waals surface area contributed by atoms with Gasteiger partial charge in [-0.3, -0.25) is 4.79 Å². The minimum absolute atomic E-state index is 0.213. The molecule has 0 aliphatic carbocycles. The number of aromatic nitrogens is 2. The van der Waals surface area contributed by atoms with Gasteiger partial charge in [-0.25, -0.2) is 4.98 Å². The SMILES string of the molecule is COc1ccc(C(NC(=O)c2cc3cc(Cl)ccc3o2)c2nccn2C)cc1. The van der Waals surface area contributed by atoms with Gasteiger partial charge < -0.3 is 19.0 Å². The fourth-order valence-corrected chi connectivity index (χ4v) is 3.26. The lowest BCUT2D eigenvalue weighted by molar-refractivity contribution is 0.0915. The van der Waals surface area contributed by atoms with Crippen LogP contribution in [-0.2, 0) is 7.05 Å². The van der Waals surface area contributed by atoms with Crippen LogP contribution in [0.2, 0.25) is 5.02 Å². The molecule has 1 amide bonds. The number of ether oxygens (including phenoxy) is 1. The largest absolute Gasteiger partial charge is 0.497 e. The number of methoxy groups -OCH3 is 1. The molecule has 2 aromatic carbocycles. The number of carbonyl (C=O) groups excluding carboxylic acids is 1. The van der Waals surface area contributed by atoms with Crippen LogP contribution in [0.25, 0.3) is 11.0 Å². The molecule has 0 bridgehead atoms. The van der Waals surface area contributed by atoms with Crippen molar-refractivity contribution in [3.8, 4) is 5.75 Å². The van der Waals surface area contributed by atoms with Crippen molar-refractivity contribution < 1.29 is 13.9 Å². The Morgan fingerprint density at radius 2 is 2.00 bits per heavy atom. The highest BCUT2D eigenvalue weighted by atomic mass is 35.5. The van der Waals surface area contributed by atoms with E-state index in [4.69, 9.17) is 20.8 Å². The van der Waals surface area contributed by atoms with E-state index in [0.717, 1.165) is 16.7 Å². The quantitative estimate of drug-likeness (QED) is 0.545. The van der Waals surface area contributed by atoms with Crippen LogP contribution in [0.15, 0.2) is 65.3 Å². The molecule has 0 saturated heterocycles. The first-order valence-electron chi connectivity index (χ1n) is 8.66. The molecule has 0 saturated carbocycles. The van der Waals surface area contributed by atoms with E-state index in [2.05, 4.69) is 10.3 Å². The third-order valence-electron chi connectivity index (χ3n) is 4.54. The number of rotatable bonds is 5. The molecular weight excluding hydrogens is 378 g/mol. The normalized spacial score (nSPS) is 12.1. The van der Waals surface area contributed by atoms with Gasteiger partial charge in [0.15, 0.2) is 5.76 Å². The molecule has 6 nitrogen and oxygen atoms in total. The Balaban J connectivity index is 1.67. The van der Waals surface area contributed by atoms with Crippen molar-refractivity contribution in [2.24, 2.45) is 7.05 Å². The first-order chi connectivity index (χ1) is 13.5. The second-order valence-electron chi connectivity index (χ2n) is 6.37. The molecule has 2 heterocycles. The molecule has 0 aliphatic heterocycles.